The van der Waals surface area contributed by atoms with E-state index in [1.54, 1.807) is 36.4 Å². The molecule has 2 N–H and O–H groups in total. The summed E-state index contributed by atoms with van der Waals surface area (Å²) < 4.78 is 0.464. The van der Waals surface area contributed by atoms with Gasteiger partial charge in [-0.05, 0) is 51.8 Å². The van der Waals surface area contributed by atoms with E-state index in [1.807, 2.05) is 0 Å². The lowest BCUT2D eigenvalue weighted by Gasteiger charge is -2.07. The summed E-state index contributed by atoms with van der Waals surface area (Å²) in [5.74, 6) is -1.29. The van der Waals surface area contributed by atoms with Gasteiger partial charge < -0.3 is 10.4 Å². The Hall–Kier alpha value is -1.85. The number of halogens is 2. The van der Waals surface area contributed by atoms with E-state index < -0.39 is 5.97 Å². The zero-order valence-corrected chi connectivity index (χ0v) is 13.1. The number of nitrogens with one attached hydrogen (secondary N) is 1. The van der Waals surface area contributed by atoms with E-state index in [2.05, 4.69) is 21.2 Å². The predicted molar refractivity (Wildman–Crippen MR) is 84.9 cm³/mol. The summed E-state index contributed by atoms with van der Waals surface area (Å²) in [5, 5.41) is 12.3. The number of hydrogen-bond acceptors (Lipinski definition) is 2. The average Bonchev–Trinajstić information content (AvgIpc) is 2.43. The smallest absolute Gasteiger partial charge is 0.336 e. The lowest BCUT2D eigenvalue weighted by Crippen LogP contribution is -2.14. The summed E-state index contributed by atoms with van der Waals surface area (Å²) in [6.07, 6.45) is 0.190. The van der Waals surface area contributed by atoms with Crippen molar-refractivity contribution in [3.8, 4) is 0 Å². The molecule has 0 aliphatic rings. The van der Waals surface area contributed by atoms with Gasteiger partial charge in [0, 0.05) is 15.2 Å². The fourth-order valence-electron chi connectivity index (χ4n) is 1.76. The van der Waals surface area contributed by atoms with Gasteiger partial charge in [-0.15, -0.1) is 0 Å². The minimum absolute atomic E-state index is 0.0966. The molecular formula is C15H11BrClNO3. The molecule has 0 spiro atoms. The molecule has 0 unspecified atom stereocenters. The molecule has 1 amide bonds. The molecule has 4 nitrogen and oxygen atoms in total. The maximum atomic E-state index is 11.9. The zero-order chi connectivity index (χ0) is 15.4. The number of benzene rings is 2. The van der Waals surface area contributed by atoms with Gasteiger partial charge in [-0.2, -0.15) is 0 Å². The highest BCUT2D eigenvalue weighted by molar-refractivity contribution is 9.10. The summed E-state index contributed by atoms with van der Waals surface area (Å²) in [6.45, 7) is 0. The van der Waals surface area contributed by atoms with Gasteiger partial charge in [0.15, 0.2) is 0 Å². The Bertz CT molecular complexity index is 686. The van der Waals surface area contributed by atoms with Crippen LogP contribution in [0, 0.1) is 0 Å². The van der Waals surface area contributed by atoms with E-state index in [-0.39, 0.29) is 17.9 Å². The van der Waals surface area contributed by atoms with Gasteiger partial charge in [-0.1, -0.05) is 23.7 Å². The number of hydrogen-bond donors (Lipinski definition) is 2. The lowest BCUT2D eigenvalue weighted by molar-refractivity contribution is -0.115. The van der Waals surface area contributed by atoms with Crippen LogP contribution in [0.2, 0.25) is 5.02 Å². The van der Waals surface area contributed by atoms with E-state index in [9.17, 15) is 9.59 Å². The first-order chi connectivity index (χ1) is 9.95. The highest BCUT2D eigenvalue weighted by Crippen LogP contribution is 2.21. The molecular weight excluding hydrogens is 358 g/mol. The van der Waals surface area contributed by atoms with Gasteiger partial charge in [0.1, 0.15) is 0 Å². The standard InChI is InChI=1S/C15H11BrClNO3/c16-13-6-5-11(8-12(13)15(20)21)18-14(19)7-9-1-3-10(17)4-2-9/h1-6,8H,7H2,(H,18,19)(H,20,21). The molecule has 0 aliphatic carbocycles. The van der Waals surface area contributed by atoms with Gasteiger partial charge in [0.2, 0.25) is 5.91 Å². The van der Waals surface area contributed by atoms with Gasteiger partial charge in [0.05, 0.1) is 12.0 Å². The molecule has 0 saturated carbocycles. The minimum Gasteiger partial charge on any atom is -0.478 e. The van der Waals surface area contributed by atoms with Crippen molar-refractivity contribution in [1.82, 2.24) is 0 Å². The van der Waals surface area contributed by atoms with Crippen molar-refractivity contribution < 1.29 is 14.7 Å². The van der Waals surface area contributed by atoms with Crippen molar-refractivity contribution in [2.45, 2.75) is 6.42 Å². The summed E-state index contributed by atoms with van der Waals surface area (Å²) in [6, 6.07) is 11.6. The number of carboxylic acid groups (broad SMARTS) is 1. The van der Waals surface area contributed by atoms with Crippen LogP contribution in [0.3, 0.4) is 0 Å². The molecule has 2 aromatic rings. The molecule has 108 valence electrons. The molecule has 0 aromatic heterocycles. The number of amides is 1. The zero-order valence-electron chi connectivity index (χ0n) is 10.8. The van der Waals surface area contributed by atoms with Crippen molar-refractivity contribution in [2.75, 3.05) is 5.32 Å². The first-order valence-corrected chi connectivity index (χ1v) is 7.20. The van der Waals surface area contributed by atoms with Crippen molar-refractivity contribution >= 4 is 45.1 Å². The number of carbonyl (C=O) groups is 2. The molecule has 2 rings (SSSR count). The fraction of sp³-hybridized carbons (Fsp3) is 0.0667. The van der Waals surface area contributed by atoms with Crippen LogP contribution in [0.5, 0.6) is 0 Å². The molecule has 0 fully saturated rings. The highest BCUT2D eigenvalue weighted by Gasteiger charge is 2.11. The third-order valence-corrected chi connectivity index (χ3v) is 3.70. The normalized spacial score (nSPS) is 10.2. The number of aromatic carboxylic acids is 1. The molecule has 2 aromatic carbocycles. The van der Waals surface area contributed by atoms with Crippen LogP contribution in [0.15, 0.2) is 46.9 Å². The van der Waals surface area contributed by atoms with E-state index >= 15 is 0 Å². The van der Waals surface area contributed by atoms with Crippen molar-refractivity contribution in [2.24, 2.45) is 0 Å². The van der Waals surface area contributed by atoms with Crippen molar-refractivity contribution in [1.29, 1.82) is 0 Å². The Morgan fingerprint density at radius 1 is 1.14 bits per heavy atom. The molecule has 6 heteroatoms. The van der Waals surface area contributed by atoms with Crippen LogP contribution in [0.1, 0.15) is 15.9 Å². The van der Waals surface area contributed by atoms with Gasteiger partial charge in [0.25, 0.3) is 0 Å². The number of anilines is 1. The average molecular weight is 369 g/mol. The van der Waals surface area contributed by atoms with Crippen LogP contribution in [-0.4, -0.2) is 17.0 Å². The van der Waals surface area contributed by atoms with E-state index in [1.165, 1.54) is 6.07 Å². The molecule has 0 heterocycles. The summed E-state index contributed by atoms with van der Waals surface area (Å²) >= 11 is 8.93. The maximum absolute atomic E-state index is 11.9. The molecule has 0 bridgehead atoms. The lowest BCUT2D eigenvalue weighted by atomic mass is 10.1. The Balaban J connectivity index is 2.07. The van der Waals surface area contributed by atoms with E-state index in [4.69, 9.17) is 16.7 Å². The summed E-state index contributed by atoms with van der Waals surface area (Å²) in [5.41, 5.74) is 1.36. The third kappa shape index (κ3) is 4.31. The van der Waals surface area contributed by atoms with E-state index in [0.29, 0.717) is 15.2 Å². The number of rotatable bonds is 4. The van der Waals surface area contributed by atoms with Gasteiger partial charge in [-0.3, -0.25) is 4.79 Å². The second-order valence-electron chi connectivity index (χ2n) is 4.35. The minimum atomic E-state index is -1.06. The second kappa shape index (κ2) is 6.74. The molecule has 0 aliphatic heterocycles. The van der Waals surface area contributed by atoms with Crippen molar-refractivity contribution in [3.63, 3.8) is 0 Å². The van der Waals surface area contributed by atoms with Gasteiger partial charge in [-0.25, -0.2) is 4.79 Å². The Morgan fingerprint density at radius 3 is 2.43 bits per heavy atom. The predicted octanol–water partition coefficient (Wildman–Crippen LogP) is 3.98. The second-order valence-corrected chi connectivity index (χ2v) is 5.64. The van der Waals surface area contributed by atoms with Crippen LogP contribution in [0.4, 0.5) is 5.69 Å². The van der Waals surface area contributed by atoms with Crippen LogP contribution in [0.25, 0.3) is 0 Å². The third-order valence-electron chi connectivity index (χ3n) is 2.76. The van der Waals surface area contributed by atoms with Crippen LogP contribution < -0.4 is 5.32 Å². The van der Waals surface area contributed by atoms with Gasteiger partial charge >= 0.3 is 5.97 Å². The number of carboxylic acids is 1. The molecule has 0 radical (unpaired) electrons. The molecule has 0 atom stereocenters. The van der Waals surface area contributed by atoms with E-state index in [0.717, 1.165) is 5.56 Å². The topological polar surface area (TPSA) is 66.4 Å². The molecule has 0 saturated heterocycles. The Kier molecular flexibility index (Phi) is 4.98. The van der Waals surface area contributed by atoms with Crippen LogP contribution >= 0.6 is 27.5 Å². The van der Waals surface area contributed by atoms with Crippen LogP contribution in [-0.2, 0) is 11.2 Å². The fourth-order valence-corrected chi connectivity index (χ4v) is 2.30. The quantitative estimate of drug-likeness (QED) is 0.858. The highest BCUT2D eigenvalue weighted by atomic mass is 79.9. The Labute approximate surface area is 134 Å². The summed E-state index contributed by atoms with van der Waals surface area (Å²) in [4.78, 5) is 23.0. The maximum Gasteiger partial charge on any atom is 0.336 e. The van der Waals surface area contributed by atoms with Crippen molar-refractivity contribution in [3.05, 3.63) is 63.1 Å². The largest absolute Gasteiger partial charge is 0.478 e. The summed E-state index contributed by atoms with van der Waals surface area (Å²) in [7, 11) is 0. The first kappa shape index (κ1) is 15.5. The SMILES string of the molecule is O=C(Cc1ccc(Cl)cc1)Nc1ccc(Br)c(C(=O)O)c1. The Morgan fingerprint density at radius 2 is 1.81 bits per heavy atom. The monoisotopic (exact) mass is 367 g/mol. The number of carbonyl (C=O) groups excluding carboxylic acids is 1. The molecule has 21 heavy (non-hydrogen) atoms. The first-order valence-electron chi connectivity index (χ1n) is 6.03.